The van der Waals surface area contributed by atoms with Gasteiger partial charge in [-0.05, 0) is 24.3 Å². The molecule has 0 atom stereocenters. The number of hydrogen-bond donors (Lipinski definition) is 0. The fourth-order valence-electron chi connectivity index (χ4n) is 3.17. The van der Waals surface area contributed by atoms with Crippen LogP contribution >= 0.6 is 11.6 Å². The van der Waals surface area contributed by atoms with Crippen LogP contribution in [-0.2, 0) is 0 Å². The fourth-order valence-corrected chi connectivity index (χ4v) is 3.34. The van der Waals surface area contributed by atoms with E-state index >= 15 is 0 Å². The summed E-state index contributed by atoms with van der Waals surface area (Å²) in [6, 6.07) is 9.66. The maximum Gasteiger partial charge on any atom is 0.294 e. The Balaban J connectivity index is 1.74. The summed E-state index contributed by atoms with van der Waals surface area (Å²) < 4.78 is 10.4. The Labute approximate surface area is 167 Å². The van der Waals surface area contributed by atoms with E-state index in [1.807, 2.05) is 4.90 Å². The molecule has 28 heavy (non-hydrogen) atoms. The van der Waals surface area contributed by atoms with Crippen LogP contribution in [0.2, 0.25) is 5.02 Å². The number of methoxy groups -OCH3 is 2. The minimum absolute atomic E-state index is 0.0372. The van der Waals surface area contributed by atoms with Crippen LogP contribution in [0, 0.1) is 10.1 Å². The molecule has 148 valence electrons. The Kier molecular flexibility index (Phi) is 5.89. The molecule has 0 aromatic heterocycles. The first-order chi connectivity index (χ1) is 13.4. The second kappa shape index (κ2) is 8.35. The van der Waals surface area contributed by atoms with Gasteiger partial charge in [0.25, 0.3) is 11.6 Å². The smallest absolute Gasteiger partial charge is 0.294 e. The standard InChI is InChI=1S/C19H20ClN3O5/c1-27-15-9-13(10-16(12-15)28-2)19(24)22-7-5-21(6-8-22)17-4-3-14(20)11-18(17)23(25)26/h3-4,9-12H,5-8H2,1-2H3. The zero-order valence-corrected chi connectivity index (χ0v) is 16.3. The van der Waals surface area contributed by atoms with Crippen LogP contribution in [0.15, 0.2) is 36.4 Å². The molecule has 1 saturated heterocycles. The van der Waals surface area contributed by atoms with Gasteiger partial charge in [0.05, 0.1) is 19.1 Å². The maximum absolute atomic E-state index is 12.9. The highest BCUT2D eigenvalue weighted by molar-refractivity contribution is 6.30. The number of rotatable bonds is 5. The highest BCUT2D eigenvalue weighted by atomic mass is 35.5. The summed E-state index contributed by atoms with van der Waals surface area (Å²) in [7, 11) is 3.06. The lowest BCUT2D eigenvalue weighted by Gasteiger charge is -2.36. The monoisotopic (exact) mass is 405 g/mol. The molecular weight excluding hydrogens is 386 g/mol. The number of carbonyl (C=O) groups is 1. The van der Waals surface area contributed by atoms with Crippen molar-refractivity contribution in [2.75, 3.05) is 45.3 Å². The van der Waals surface area contributed by atoms with E-state index in [9.17, 15) is 14.9 Å². The Hall–Kier alpha value is -3.00. The van der Waals surface area contributed by atoms with E-state index in [4.69, 9.17) is 21.1 Å². The Morgan fingerprint density at radius 1 is 1.04 bits per heavy atom. The number of carbonyl (C=O) groups excluding carboxylic acids is 1. The van der Waals surface area contributed by atoms with E-state index in [1.54, 1.807) is 35.2 Å². The van der Waals surface area contributed by atoms with Crippen LogP contribution in [0.1, 0.15) is 10.4 Å². The van der Waals surface area contributed by atoms with Crippen LogP contribution < -0.4 is 14.4 Å². The Bertz CT molecular complexity index is 875. The van der Waals surface area contributed by atoms with Crippen molar-refractivity contribution >= 4 is 28.9 Å². The van der Waals surface area contributed by atoms with Gasteiger partial charge in [0.15, 0.2) is 0 Å². The molecule has 3 rings (SSSR count). The molecular formula is C19H20ClN3O5. The number of hydrogen-bond acceptors (Lipinski definition) is 6. The second-order valence-electron chi connectivity index (χ2n) is 6.27. The van der Waals surface area contributed by atoms with Gasteiger partial charge in [0, 0.05) is 48.9 Å². The third-order valence-corrected chi connectivity index (χ3v) is 4.88. The van der Waals surface area contributed by atoms with Crippen molar-refractivity contribution in [3.8, 4) is 11.5 Å². The lowest BCUT2D eigenvalue weighted by molar-refractivity contribution is -0.384. The normalized spacial score (nSPS) is 14.0. The predicted octanol–water partition coefficient (Wildman–Crippen LogP) is 3.23. The molecule has 0 radical (unpaired) electrons. The Morgan fingerprint density at radius 3 is 2.18 bits per heavy atom. The third kappa shape index (κ3) is 4.12. The zero-order chi connectivity index (χ0) is 20.3. The van der Waals surface area contributed by atoms with Gasteiger partial charge in [-0.3, -0.25) is 14.9 Å². The van der Waals surface area contributed by atoms with E-state index in [1.165, 1.54) is 20.3 Å². The van der Waals surface area contributed by atoms with Crippen LogP contribution in [-0.4, -0.2) is 56.1 Å². The number of anilines is 1. The van der Waals surface area contributed by atoms with E-state index in [0.717, 1.165) is 0 Å². The second-order valence-corrected chi connectivity index (χ2v) is 6.71. The summed E-state index contributed by atoms with van der Waals surface area (Å²) in [5, 5.41) is 11.6. The largest absolute Gasteiger partial charge is 0.497 e. The average molecular weight is 406 g/mol. The summed E-state index contributed by atoms with van der Waals surface area (Å²) in [4.78, 5) is 27.4. The maximum atomic E-state index is 12.9. The van der Waals surface area contributed by atoms with Crippen molar-refractivity contribution in [3.05, 3.63) is 57.1 Å². The van der Waals surface area contributed by atoms with Gasteiger partial charge in [-0.15, -0.1) is 0 Å². The molecule has 0 N–H and O–H groups in total. The highest BCUT2D eigenvalue weighted by Gasteiger charge is 2.27. The van der Waals surface area contributed by atoms with Gasteiger partial charge in [0.1, 0.15) is 17.2 Å². The predicted molar refractivity (Wildman–Crippen MR) is 106 cm³/mol. The van der Waals surface area contributed by atoms with Gasteiger partial charge in [-0.25, -0.2) is 0 Å². The summed E-state index contributed by atoms with van der Waals surface area (Å²) in [5.41, 5.74) is 0.941. The topological polar surface area (TPSA) is 85.2 Å². The number of nitro groups is 1. The third-order valence-electron chi connectivity index (χ3n) is 4.64. The molecule has 8 nitrogen and oxygen atoms in total. The van der Waals surface area contributed by atoms with Crippen LogP contribution in [0.4, 0.5) is 11.4 Å². The number of halogens is 1. The van der Waals surface area contributed by atoms with E-state index < -0.39 is 4.92 Å². The van der Waals surface area contributed by atoms with Gasteiger partial charge < -0.3 is 19.3 Å². The molecule has 1 aliphatic rings. The number of amides is 1. The molecule has 1 amide bonds. The van der Waals surface area contributed by atoms with E-state index in [0.29, 0.717) is 54.0 Å². The first-order valence-electron chi connectivity index (χ1n) is 8.64. The summed E-state index contributed by atoms with van der Waals surface area (Å²) in [6.45, 7) is 1.85. The minimum Gasteiger partial charge on any atom is -0.497 e. The SMILES string of the molecule is COc1cc(OC)cc(C(=O)N2CCN(c3ccc(Cl)cc3[N+](=O)[O-])CC2)c1. The number of benzene rings is 2. The molecule has 0 spiro atoms. The van der Waals surface area contributed by atoms with E-state index in [-0.39, 0.29) is 11.6 Å². The molecule has 1 heterocycles. The quantitative estimate of drug-likeness (QED) is 0.560. The molecule has 0 unspecified atom stereocenters. The van der Waals surface area contributed by atoms with Crippen molar-refractivity contribution in [3.63, 3.8) is 0 Å². The summed E-state index contributed by atoms with van der Waals surface area (Å²) in [5.74, 6) is 0.943. The average Bonchev–Trinajstić information content (AvgIpc) is 2.72. The lowest BCUT2D eigenvalue weighted by atomic mass is 10.1. The van der Waals surface area contributed by atoms with Crippen molar-refractivity contribution in [1.82, 2.24) is 4.90 Å². The first kappa shape index (κ1) is 19.8. The number of nitrogens with zero attached hydrogens (tertiary/aromatic N) is 3. The minimum atomic E-state index is -0.443. The number of piperazine rings is 1. The number of ether oxygens (including phenoxy) is 2. The van der Waals surface area contributed by atoms with Gasteiger partial charge in [0.2, 0.25) is 0 Å². The Morgan fingerprint density at radius 2 is 1.64 bits per heavy atom. The van der Waals surface area contributed by atoms with Crippen LogP contribution in [0.25, 0.3) is 0 Å². The van der Waals surface area contributed by atoms with Crippen LogP contribution in [0.3, 0.4) is 0 Å². The van der Waals surface area contributed by atoms with Crippen molar-refractivity contribution in [1.29, 1.82) is 0 Å². The summed E-state index contributed by atoms with van der Waals surface area (Å²) in [6.07, 6.45) is 0. The zero-order valence-electron chi connectivity index (χ0n) is 15.6. The van der Waals surface area contributed by atoms with Crippen LogP contribution in [0.5, 0.6) is 11.5 Å². The molecule has 0 saturated carbocycles. The molecule has 1 aliphatic heterocycles. The lowest BCUT2D eigenvalue weighted by Crippen LogP contribution is -2.49. The summed E-state index contributed by atoms with van der Waals surface area (Å²) >= 11 is 5.89. The number of nitro benzene ring substituents is 1. The molecule has 0 aliphatic carbocycles. The highest BCUT2D eigenvalue weighted by Crippen LogP contribution is 2.32. The molecule has 2 aromatic rings. The molecule has 2 aromatic carbocycles. The first-order valence-corrected chi connectivity index (χ1v) is 9.02. The molecule has 1 fully saturated rings. The van der Waals surface area contributed by atoms with Gasteiger partial charge in [-0.2, -0.15) is 0 Å². The van der Waals surface area contributed by atoms with Crippen molar-refractivity contribution in [2.24, 2.45) is 0 Å². The van der Waals surface area contributed by atoms with Gasteiger partial charge in [-0.1, -0.05) is 11.6 Å². The molecule has 9 heteroatoms. The fraction of sp³-hybridized carbons (Fsp3) is 0.316. The van der Waals surface area contributed by atoms with Crippen molar-refractivity contribution in [2.45, 2.75) is 0 Å². The van der Waals surface area contributed by atoms with E-state index in [2.05, 4.69) is 0 Å². The van der Waals surface area contributed by atoms with Gasteiger partial charge >= 0.3 is 0 Å². The van der Waals surface area contributed by atoms with Crippen molar-refractivity contribution < 1.29 is 19.2 Å². The molecule has 0 bridgehead atoms.